The van der Waals surface area contributed by atoms with Crippen LogP contribution in [0, 0.1) is 0 Å². The first kappa shape index (κ1) is 16.6. The lowest BCUT2D eigenvalue weighted by Crippen LogP contribution is -2.38. The quantitative estimate of drug-likeness (QED) is 0.692. The molecule has 1 heterocycles. The molecule has 0 unspecified atom stereocenters. The lowest BCUT2D eigenvalue weighted by Gasteiger charge is -2.08. The van der Waals surface area contributed by atoms with E-state index in [1.54, 1.807) is 12.1 Å². The van der Waals surface area contributed by atoms with Crippen molar-refractivity contribution < 1.29 is 18.7 Å². The number of hydrogen-bond donors (Lipinski definition) is 2. The molecular weight excluding hydrogens is 320 g/mol. The van der Waals surface area contributed by atoms with E-state index in [4.69, 9.17) is 9.15 Å². The van der Waals surface area contributed by atoms with Gasteiger partial charge in [0.05, 0.1) is 19.4 Å². The predicted octanol–water partition coefficient (Wildman–Crippen LogP) is 2.24. The van der Waals surface area contributed by atoms with Crippen LogP contribution in [0.1, 0.15) is 5.76 Å². The van der Waals surface area contributed by atoms with Gasteiger partial charge in [0.25, 0.3) is 5.91 Å². The Labute approximate surface area is 144 Å². The van der Waals surface area contributed by atoms with Gasteiger partial charge >= 0.3 is 0 Å². The van der Waals surface area contributed by atoms with Crippen molar-refractivity contribution in [1.29, 1.82) is 0 Å². The molecule has 0 aliphatic rings. The van der Waals surface area contributed by atoms with Gasteiger partial charge in [-0.2, -0.15) is 0 Å². The third-order valence-electron chi connectivity index (χ3n) is 3.58. The van der Waals surface area contributed by atoms with E-state index in [1.807, 2.05) is 42.5 Å². The number of fused-ring (bicyclic) bond motifs is 1. The maximum Gasteiger partial charge on any atom is 0.258 e. The summed E-state index contributed by atoms with van der Waals surface area (Å²) in [5.74, 6) is 0.604. The van der Waals surface area contributed by atoms with Crippen LogP contribution < -0.4 is 15.4 Å². The Bertz CT molecular complexity index is 859. The van der Waals surface area contributed by atoms with Crippen LogP contribution in [0.5, 0.6) is 5.75 Å². The van der Waals surface area contributed by atoms with Crippen LogP contribution in [0.15, 0.2) is 65.3 Å². The van der Waals surface area contributed by atoms with Gasteiger partial charge in [-0.1, -0.05) is 30.3 Å². The minimum absolute atomic E-state index is 0.110. The molecule has 2 amide bonds. The van der Waals surface area contributed by atoms with Crippen LogP contribution in [0.3, 0.4) is 0 Å². The monoisotopic (exact) mass is 338 g/mol. The molecule has 0 spiro atoms. The van der Waals surface area contributed by atoms with Crippen molar-refractivity contribution in [2.45, 2.75) is 6.54 Å². The number of hydrogen-bond acceptors (Lipinski definition) is 4. The largest absolute Gasteiger partial charge is 0.484 e. The van der Waals surface area contributed by atoms with Crippen LogP contribution in [0.4, 0.5) is 0 Å². The molecule has 2 aromatic carbocycles. The number of furan rings is 1. The van der Waals surface area contributed by atoms with Crippen LogP contribution in [0.2, 0.25) is 0 Å². The number of benzene rings is 2. The predicted molar refractivity (Wildman–Crippen MR) is 93.0 cm³/mol. The van der Waals surface area contributed by atoms with E-state index < -0.39 is 0 Å². The van der Waals surface area contributed by atoms with E-state index in [-0.39, 0.29) is 31.5 Å². The van der Waals surface area contributed by atoms with Crippen LogP contribution in [-0.4, -0.2) is 25.0 Å². The molecule has 0 aliphatic carbocycles. The third-order valence-corrected chi connectivity index (χ3v) is 3.58. The smallest absolute Gasteiger partial charge is 0.258 e. The summed E-state index contributed by atoms with van der Waals surface area (Å²) in [7, 11) is 0. The van der Waals surface area contributed by atoms with Gasteiger partial charge in [0, 0.05) is 0 Å². The van der Waals surface area contributed by atoms with Crippen molar-refractivity contribution in [2.75, 3.05) is 13.2 Å². The first-order valence-corrected chi connectivity index (χ1v) is 7.88. The van der Waals surface area contributed by atoms with Gasteiger partial charge in [-0.25, -0.2) is 0 Å². The molecule has 128 valence electrons. The van der Waals surface area contributed by atoms with Gasteiger partial charge < -0.3 is 19.8 Å². The van der Waals surface area contributed by atoms with Crippen molar-refractivity contribution in [3.05, 3.63) is 66.6 Å². The Hall–Kier alpha value is -3.28. The normalized spacial score (nSPS) is 10.4. The molecule has 0 aliphatic heterocycles. The average molecular weight is 338 g/mol. The average Bonchev–Trinajstić information content (AvgIpc) is 3.16. The standard InChI is InChI=1S/C19H18N2O4/c22-18(20-11-17-6-3-9-24-17)12-21-19(23)13-25-16-8-7-14-4-1-2-5-15(14)10-16/h1-10H,11-13H2,(H,20,22)(H,21,23). The number of amides is 2. The summed E-state index contributed by atoms with van der Waals surface area (Å²) in [6, 6.07) is 17.0. The second-order valence-corrected chi connectivity index (χ2v) is 5.43. The number of ether oxygens (including phenoxy) is 1. The molecule has 3 aromatic rings. The maximum atomic E-state index is 11.8. The van der Waals surface area contributed by atoms with Crippen molar-refractivity contribution >= 4 is 22.6 Å². The Balaban J connectivity index is 1.40. The van der Waals surface area contributed by atoms with Gasteiger partial charge in [0.1, 0.15) is 11.5 Å². The molecule has 25 heavy (non-hydrogen) atoms. The number of carbonyl (C=O) groups excluding carboxylic acids is 2. The highest BCUT2D eigenvalue weighted by Gasteiger charge is 2.07. The van der Waals surface area contributed by atoms with Crippen molar-refractivity contribution in [3.63, 3.8) is 0 Å². The molecule has 0 fully saturated rings. The van der Waals surface area contributed by atoms with Crippen LogP contribution >= 0.6 is 0 Å². The van der Waals surface area contributed by atoms with Gasteiger partial charge in [-0.15, -0.1) is 0 Å². The minimum atomic E-state index is -0.360. The molecule has 1 aromatic heterocycles. The Morgan fingerprint density at radius 3 is 2.56 bits per heavy atom. The Kier molecular flexibility index (Phi) is 5.31. The van der Waals surface area contributed by atoms with Crippen LogP contribution in [-0.2, 0) is 16.1 Å². The van der Waals surface area contributed by atoms with Gasteiger partial charge in [-0.3, -0.25) is 9.59 Å². The van der Waals surface area contributed by atoms with E-state index in [0.717, 1.165) is 10.8 Å². The maximum absolute atomic E-state index is 11.8. The molecule has 0 atom stereocenters. The van der Waals surface area contributed by atoms with Gasteiger partial charge in [0.15, 0.2) is 6.61 Å². The number of nitrogens with one attached hydrogen (secondary N) is 2. The van der Waals surface area contributed by atoms with Crippen molar-refractivity contribution in [3.8, 4) is 5.75 Å². The molecule has 0 radical (unpaired) electrons. The third kappa shape index (κ3) is 4.84. The molecule has 0 bridgehead atoms. The van der Waals surface area contributed by atoms with E-state index in [1.165, 1.54) is 6.26 Å². The lowest BCUT2D eigenvalue weighted by molar-refractivity contribution is -0.127. The van der Waals surface area contributed by atoms with Crippen LogP contribution in [0.25, 0.3) is 10.8 Å². The first-order valence-electron chi connectivity index (χ1n) is 7.88. The summed E-state index contributed by atoms with van der Waals surface area (Å²) < 4.78 is 10.6. The highest BCUT2D eigenvalue weighted by molar-refractivity contribution is 5.86. The second kappa shape index (κ2) is 8.01. The van der Waals surface area contributed by atoms with Gasteiger partial charge in [-0.05, 0) is 35.0 Å². The summed E-state index contributed by atoms with van der Waals surface area (Å²) in [4.78, 5) is 23.4. The topological polar surface area (TPSA) is 80.6 Å². The summed E-state index contributed by atoms with van der Waals surface area (Å²) in [6.07, 6.45) is 1.54. The molecule has 0 saturated heterocycles. The fourth-order valence-corrected chi connectivity index (χ4v) is 2.30. The Morgan fingerprint density at radius 1 is 0.920 bits per heavy atom. The highest BCUT2D eigenvalue weighted by atomic mass is 16.5. The van der Waals surface area contributed by atoms with E-state index in [0.29, 0.717) is 11.5 Å². The molecule has 0 saturated carbocycles. The molecule has 2 N–H and O–H groups in total. The van der Waals surface area contributed by atoms with E-state index >= 15 is 0 Å². The first-order chi connectivity index (χ1) is 12.2. The zero-order valence-electron chi connectivity index (χ0n) is 13.5. The summed E-state index contributed by atoms with van der Waals surface area (Å²) in [6.45, 7) is 0.0275. The number of rotatable bonds is 7. The van der Waals surface area contributed by atoms with Crippen molar-refractivity contribution in [2.24, 2.45) is 0 Å². The second-order valence-electron chi connectivity index (χ2n) is 5.43. The summed E-state index contributed by atoms with van der Waals surface area (Å²) >= 11 is 0. The fourth-order valence-electron chi connectivity index (χ4n) is 2.30. The zero-order valence-corrected chi connectivity index (χ0v) is 13.5. The molecule has 6 heteroatoms. The van der Waals surface area contributed by atoms with E-state index in [9.17, 15) is 9.59 Å². The molecular formula is C19H18N2O4. The highest BCUT2D eigenvalue weighted by Crippen LogP contribution is 2.20. The minimum Gasteiger partial charge on any atom is -0.484 e. The van der Waals surface area contributed by atoms with Crippen molar-refractivity contribution in [1.82, 2.24) is 10.6 Å². The Morgan fingerprint density at radius 2 is 1.76 bits per heavy atom. The molecule has 3 rings (SSSR count). The summed E-state index contributed by atoms with van der Waals surface area (Å²) in [5.41, 5.74) is 0. The number of carbonyl (C=O) groups is 2. The lowest BCUT2D eigenvalue weighted by atomic mass is 10.1. The van der Waals surface area contributed by atoms with E-state index in [2.05, 4.69) is 10.6 Å². The molecule has 6 nitrogen and oxygen atoms in total. The SMILES string of the molecule is O=C(CNC(=O)COc1ccc2ccccc2c1)NCc1ccco1. The zero-order chi connectivity index (χ0) is 17.5. The fraction of sp³-hybridized carbons (Fsp3) is 0.158. The summed E-state index contributed by atoms with van der Waals surface area (Å²) in [5, 5.41) is 7.30. The van der Waals surface area contributed by atoms with Gasteiger partial charge in [0.2, 0.25) is 5.91 Å².